The van der Waals surface area contributed by atoms with Gasteiger partial charge in [-0.3, -0.25) is 0 Å². The van der Waals surface area contributed by atoms with Crippen molar-refractivity contribution in [3.05, 3.63) is 21.9 Å². The molecule has 21 heavy (non-hydrogen) atoms. The lowest BCUT2D eigenvalue weighted by molar-refractivity contribution is -0.390. The van der Waals surface area contributed by atoms with Gasteiger partial charge in [0.1, 0.15) is 0 Å². The van der Waals surface area contributed by atoms with E-state index in [4.69, 9.17) is 0 Å². The quantitative estimate of drug-likeness (QED) is 0.466. The van der Waals surface area contributed by atoms with Gasteiger partial charge in [-0.25, -0.2) is 4.79 Å². The summed E-state index contributed by atoms with van der Waals surface area (Å²) >= 11 is 0. The molecule has 0 aliphatic heterocycles. The average Bonchev–Trinajstić information content (AvgIpc) is 2.36. The summed E-state index contributed by atoms with van der Waals surface area (Å²) < 4.78 is 49.9. The Morgan fingerprint density at radius 3 is 2.52 bits per heavy atom. The van der Waals surface area contributed by atoms with Crippen LogP contribution in [0.2, 0.25) is 0 Å². The normalized spacial score (nSPS) is 10.9. The molecule has 0 N–H and O–H groups in total. The second-order valence-electron chi connectivity index (χ2n) is 3.38. The van der Waals surface area contributed by atoms with E-state index in [0.29, 0.717) is 6.20 Å². The van der Waals surface area contributed by atoms with Gasteiger partial charge < -0.3 is 24.3 Å². The Morgan fingerprint density at radius 2 is 2.10 bits per heavy atom. The molecule has 0 unspecified atom stereocenters. The van der Waals surface area contributed by atoms with E-state index in [9.17, 15) is 28.1 Å². The minimum Gasteiger partial charge on any atom is -0.490 e. The molecule has 0 bridgehead atoms. The number of hydrogen-bond donors (Lipinski definition) is 0. The highest BCUT2D eigenvalue weighted by Gasteiger charge is 2.39. The fourth-order valence-electron chi connectivity index (χ4n) is 1.36. The second kappa shape index (κ2) is 6.24. The minimum atomic E-state index is -5.19. The maximum Gasteiger partial charge on any atom is 0.573 e. The third kappa shape index (κ3) is 3.94. The maximum absolute atomic E-state index is 12.4. The van der Waals surface area contributed by atoms with E-state index in [0.717, 1.165) is 7.11 Å². The molecular weight excluding hydrogens is 301 g/mol. The molecule has 8 nitrogen and oxygen atoms in total. The molecule has 0 aliphatic rings. The first-order valence-electron chi connectivity index (χ1n) is 5.35. The Morgan fingerprint density at radius 1 is 1.48 bits per heavy atom. The van der Waals surface area contributed by atoms with E-state index in [1.807, 2.05) is 0 Å². The van der Waals surface area contributed by atoms with Crippen LogP contribution >= 0.6 is 0 Å². The van der Waals surface area contributed by atoms with Gasteiger partial charge in [0.15, 0.2) is 11.9 Å². The van der Waals surface area contributed by atoms with Crippen LogP contribution in [0.4, 0.5) is 19.0 Å². The molecule has 11 heteroatoms. The summed E-state index contributed by atoms with van der Waals surface area (Å²) in [4.78, 5) is 24.6. The molecule has 0 aliphatic carbocycles. The van der Waals surface area contributed by atoms with Crippen molar-refractivity contribution in [2.45, 2.75) is 13.3 Å². The first-order valence-corrected chi connectivity index (χ1v) is 5.35. The second-order valence-corrected chi connectivity index (χ2v) is 3.38. The average molecular weight is 310 g/mol. The van der Waals surface area contributed by atoms with Gasteiger partial charge in [-0.15, -0.1) is 13.2 Å². The van der Waals surface area contributed by atoms with Gasteiger partial charge in [-0.1, -0.05) is 0 Å². The molecule has 1 heterocycles. The van der Waals surface area contributed by atoms with Gasteiger partial charge in [0, 0.05) is 0 Å². The van der Waals surface area contributed by atoms with Crippen molar-refractivity contribution >= 4 is 11.8 Å². The number of alkyl halides is 3. The lowest BCUT2D eigenvalue weighted by Crippen LogP contribution is -2.21. The molecule has 0 spiro atoms. The molecule has 1 rings (SSSR count). The van der Waals surface area contributed by atoms with Crippen molar-refractivity contribution in [3.63, 3.8) is 0 Å². The fraction of sp³-hybridized carbons (Fsp3) is 0.400. The van der Waals surface area contributed by atoms with E-state index in [1.54, 1.807) is 0 Å². The van der Waals surface area contributed by atoms with E-state index in [-0.39, 0.29) is 6.61 Å². The molecule has 0 aromatic carbocycles. The van der Waals surface area contributed by atoms with Gasteiger partial charge in [0.2, 0.25) is 11.3 Å². The number of rotatable bonds is 5. The Kier molecular flexibility index (Phi) is 4.89. The molecular formula is C10H9F3N2O6. The fourth-order valence-corrected chi connectivity index (χ4v) is 1.36. The summed E-state index contributed by atoms with van der Waals surface area (Å²) in [7, 11) is 0.987. The number of halogens is 3. The number of pyridine rings is 1. The van der Waals surface area contributed by atoms with Gasteiger partial charge in [-0.05, 0) is 16.8 Å². The number of ether oxygens (including phenoxy) is 3. The molecule has 0 amide bonds. The standard InChI is InChI=1S/C10H9F3N2O6/c1-3-20-9(16)6-7(21-10(11,12)13)5(19-2)4-14-8(6)15(17)18/h4H,3H2,1-2H3. The monoisotopic (exact) mass is 310 g/mol. The van der Waals surface area contributed by atoms with Crippen LogP contribution in [0.15, 0.2) is 6.20 Å². The summed E-state index contributed by atoms with van der Waals surface area (Å²) in [5.41, 5.74) is -1.07. The van der Waals surface area contributed by atoms with Gasteiger partial charge >= 0.3 is 18.1 Å². The van der Waals surface area contributed by atoms with Gasteiger partial charge in [0.25, 0.3) is 0 Å². The number of aromatic nitrogens is 1. The minimum absolute atomic E-state index is 0.210. The highest BCUT2D eigenvalue weighted by atomic mass is 19.4. The zero-order chi connectivity index (χ0) is 16.2. The molecule has 116 valence electrons. The number of nitro groups is 1. The highest BCUT2D eigenvalue weighted by molar-refractivity contribution is 5.97. The van der Waals surface area contributed by atoms with Crippen LogP contribution in [0.3, 0.4) is 0 Å². The summed E-state index contributed by atoms with van der Waals surface area (Å²) in [5, 5.41) is 10.8. The Hall–Kier alpha value is -2.59. The predicted octanol–water partition coefficient (Wildman–Crippen LogP) is 2.07. The van der Waals surface area contributed by atoms with Crippen molar-refractivity contribution in [1.29, 1.82) is 0 Å². The number of carbonyl (C=O) groups excluding carboxylic acids is 1. The molecule has 0 saturated carbocycles. The summed E-state index contributed by atoms with van der Waals surface area (Å²) in [5.74, 6) is -4.28. The highest BCUT2D eigenvalue weighted by Crippen LogP contribution is 2.39. The first kappa shape index (κ1) is 16.5. The number of hydrogen-bond acceptors (Lipinski definition) is 7. The van der Waals surface area contributed by atoms with E-state index in [1.165, 1.54) is 6.92 Å². The Labute approximate surface area is 115 Å². The molecule has 0 fully saturated rings. The van der Waals surface area contributed by atoms with Crippen LogP contribution < -0.4 is 9.47 Å². The summed E-state index contributed by atoms with van der Waals surface area (Å²) in [6, 6.07) is 0. The zero-order valence-electron chi connectivity index (χ0n) is 10.8. The maximum atomic E-state index is 12.4. The van der Waals surface area contributed by atoms with Crippen LogP contribution in [-0.2, 0) is 4.74 Å². The SMILES string of the molecule is CCOC(=O)c1c([N+](=O)[O-])ncc(OC)c1OC(F)(F)F. The van der Waals surface area contributed by atoms with Crippen molar-refractivity contribution in [2.24, 2.45) is 0 Å². The first-order chi connectivity index (χ1) is 9.71. The third-order valence-electron chi connectivity index (χ3n) is 2.07. The molecule has 0 atom stereocenters. The van der Waals surface area contributed by atoms with Crippen molar-refractivity contribution in [3.8, 4) is 11.5 Å². The van der Waals surface area contributed by atoms with Crippen LogP contribution in [0.1, 0.15) is 17.3 Å². The zero-order valence-corrected chi connectivity index (χ0v) is 10.8. The summed E-state index contributed by atoms with van der Waals surface area (Å²) in [6.07, 6.45) is -4.55. The van der Waals surface area contributed by atoms with Crippen molar-refractivity contribution < 1.29 is 37.1 Å². The third-order valence-corrected chi connectivity index (χ3v) is 2.07. The predicted molar refractivity (Wildman–Crippen MR) is 60.1 cm³/mol. The largest absolute Gasteiger partial charge is 0.573 e. The van der Waals surface area contributed by atoms with Gasteiger partial charge in [-0.2, -0.15) is 0 Å². The molecule has 1 aromatic heterocycles. The van der Waals surface area contributed by atoms with E-state index < -0.39 is 40.1 Å². The van der Waals surface area contributed by atoms with Crippen molar-refractivity contribution in [2.75, 3.05) is 13.7 Å². The van der Waals surface area contributed by atoms with Crippen LogP contribution in [-0.4, -0.2) is 36.0 Å². The lowest BCUT2D eigenvalue weighted by atomic mass is 10.2. The number of carbonyl (C=O) groups is 1. The van der Waals surface area contributed by atoms with Crippen LogP contribution in [0, 0.1) is 10.1 Å². The van der Waals surface area contributed by atoms with Crippen molar-refractivity contribution in [1.82, 2.24) is 4.98 Å². The molecule has 0 radical (unpaired) electrons. The molecule has 1 aromatic rings. The Bertz CT molecular complexity index is 560. The van der Waals surface area contributed by atoms with Crippen LogP contribution in [0.25, 0.3) is 0 Å². The molecule has 0 saturated heterocycles. The summed E-state index contributed by atoms with van der Waals surface area (Å²) in [6.45, 7) is 1.17. The number of nitrogens with zero attached hydrogens (tertiary/aromatic N) is 2. The number of esters is 1. The van der Waals surface area contributed by atoms with Crippen LogP contribution in [0.5, 0.6) is 11.5 Å². The topological polar surface area (TPSA) is 101 Å². The van der Waals surface area contributed by atoms with E-state index in [2.05, 4.69) is 19.2 Å². The van der Waals surface area contributed by atoms with E-state index >= 15 is 0 Å². The van der Waals surface area contributed by atoms with Gasteiger partial charge in [0.05, 0.1) is 13.7 Å². The smallest absolute Gasteiger partial charge is 0.490 e. The lowest BCUT2D eigenvalue weighted by Gasteiger charge is -2.14. The Balaban J connectivity index is 3.56. The number of methoxy groups -OCH3 is 1.